The Morgan fingerprint density at radius 3 is 1.80 bits per heavy atom. The zero-order valence-corrected chi connectivity index (χ0v) is 26.2. The molecule has 0 unspecified atom stereocenters. The van der Waals surface area contributed by atoms with Crippen LogP contribution in [0.3, 0.4) is 0 Å². The molecule has 0 saturated heterocycles. The molecule has 3 aromatic heterocycles. The molecule has 7 aromatic carbocycles. The first-order chi connectivity index (χ1) is 28.1. The number of aromatic nitrogens is 4. The van der Waals surface area contributed by atoms with Crippen LogP contribution in [0.5, 0.6) is 0 Å². The molecule has 3 heterocycles. The maximum atomic E-state index is 8.98. The molecule has 0 saturated carbocycles. The molecule has 0 aliphatic carbocycles. The van der Waals surface area contributed by atoms with Crippen LogP contribution in [0.1, 0.15) is 11.0 Å². The fraction of sp³-hybridized carbons (Fsp3) is 0. The first kappa shape index (κ1) is 21.2. The van der Waals surface area contributed by atoms with Crippen molar-refractivity contribution in [2.24, 2.45) is 0 Å². The maximum Gasteiger partial charge on any atom is 0.164 e. The monoisotopic (exact) mass is 648 g/mol. The number of furan rings is 1. The highest BCUT2D eigenvalue weighted by atomic mass is 16.3. The predicted molar refractivity (Wildman–Crippen MR) is 203 cm³/mol. The van der Waals surface area contributed by atoms with Crippen molar-refractivity contribution in [2.45, 2.75) is 0 Å². The molecule has 50 heavy (non-hydrogen) atoms. The third-order valence-electron chi connectivity index (χ3n) is 8.91. The van der Waals surface area contributed by atoms with Crippen LogP contribution in [-0.4, -0.2) is 19.5 Å². The molecule has 5 heteroatoms. The highest BCUT2D eigenvalue weighted by Crippen LogP contribution is 2.39. The zero-order valence-electron chi connectivity index (χ0n) is 34.2. The van der Waals surface area contributed by atoms with E-state index in [1.54, 1.807) is 18.2 Å². The molecule has 10 aromatic rings. The maximum absolute atomic E-state index is 8.98. The fourth-order valence-electron chi connectivity index (χ4n) is 6.63. The quantitative estimate of drug-likeness (QED) is 0.186. The highest BCUT2D eigenvalue weighted by molar-refractivity contribution is 6.13. The van der Waals surface area contributed by atoms with Gasteiger partial charge in [-0.2, -0.15) is 0 Å². The van der Waals surface area contributed by atoms with Gasteiger partial charge in [0.25, 0.3) is 0 Å². The minimum atomic E-state index is -0.497. The number of hydrogen-bond donors (Lipinski definition) is 0. The number of nitrogens with zero attached hydrogens (tertiary/aromatic N) is 4. The van der Waals surface area contributed by atoms with Gasteiger partial charge in [0, 0.05) is 43.9 Å². The third kappa shape index (κ3) is 4.60. The highest BCUT2D eigenvalue weighted by Gasteiger charge is 2.19. The summed E-state index contributed by atoms with van der Waals surface area (Å²) in [5.74, 6) is 1.35. The van der Waals surface area contributed by atoms with Gasteiger partial charge >= 0.3 is 0 Å². The summed E-state index contributed by atoms with van der Waals surface area (Å²) in [5.41, 5.74) is 5.86. The Labute approximate surface area is 299 Å². The van der Waals surface area contributed by atoms with E-state index in [-0.39, 0.29) is 33.9 Å². The second-order valence-corrected chi connectivity index (χ2v) is 11.9. The number of rotatable bonds is 5. The summed E-state index contributed by atoms with van der Waals surface area (Å²) in [4.78, 5) is 15.0. The van der Waals surface area contributed by atoms with Crippen molar-refractivity contribution in [1.29, 1.82) is 0 Å². The molecule has 0 aliphatic rings. The van der Waals surface area contributed by atoms with Crippen molar-refractivity contribution in [3.8, 4) is 51.0 Å². The molecule has 5 nitrogen and oxygen atoms in total. The van der Waals surface area contributed by atoms with E-state index in [1.165, 1.54) is 4.57 Å². The number of fused-ring (bicyclic) bond motifs is 6. The average Bonchev–Trinajstić information content (AvgIpc) is 3.83. The number of para-hydroxylation sites is 2. The summed E-state index contributed by atoms with van der Waals surface area (Å²) < 4.78 is 77.4. The van der Waals surface area contributed by atoms with Gasteiger partial charge < -0.3 is 8.98 Å². The summed E-state index contributed by atoms with van der Waals surface area (Å²) in [5, 5.41) is 1.33. The van der Waals surface area contributed by atoms with E-state index in [2.05, 4.69) is 18.2 Å². The Morgan fingerprint density at radius 1 is 0.460 bits per heavy atom. The second kappa shape index (κ2) is 11.4. The van der Waals surface area contributed by atoms with Crippen molar-refractivity contribution >= 4 is 43.7 Å². The van der Waals surface area contributed by atoms with Gasteiger partial charge in [-0.15, -0.1) is 0 Å². The van der Waals surface area contributed by atoms with Gasteiger partial charge in [0.15, 0.2) is 17.5 Å². The Balaban J connectivity index is 1.25. The summed E-state index contributed by atoms with van der Waals surface area (Å²) in [7, 11) is 0. The smallest absolute Gasteiger partial charge is 0.164 e. The number of benzene rings is 7. The van der Waals surface area contributed by atoms with Gasteiger partial charge in [0.1, 0.15) is 11.2 Å². The molecule has 234 valence electrons. The molecule has 0 atom stereocenters. The zero-order chi connectivity index (χ0) is 40.0. The fourth-order valence-corrected chi connectivity index (χ4v) is 6.63. The Bertz CT molecular complexity index is 3250. The molecular weight excluding hydrogens is 613 g/mol. The molecule has 0 spiro atoms. The molecule has 0 bridgehead atoms. The van der Waals surface area contributed by atoms with Crippen molar-refractivity contribution < 1.29 is 15.4 Å². The first-order valence-electron chi connectivity index (χ1n) is 20.0. The van der Waals surface area contributed by atoms with Crippen molar-refractivity contribution in [3.05, 3.63) is 170 Å². The SMILES string of the molecule is [2H]c1c([2H])c([2H])c2c(c1[2H])c1c([2H])c([2H])c([2H])c([2H])c1n2-c1ccc2oc3cccc(-c4nc(-c5ccccc5)nc(-c5cccc(-c6ccccc6)c5)n4)c3c2c1. The molecule has 0 N–H and O–H groups in total. The lowest BCUT2D eigenvalue weighted by molar-refractivity contribution is 0.669. The minimum Gasteiger partial charge on any atom is -0.456 e. The van der Waals surface area contributed by atoms with Gasteiger partial charge in [-0.1, -0.05) is 127 Å². The molecule has 0 fully saturated rings. The number of hydrogen-bond acceptors (Lipinski definition) is 4. The van der Waals surface area contributed by atoms with Gasteiger partial charge in [0.2, 0.25) is 0 Å². The first-order valence-corrected chi connectivity index (χ1v) is 16.0. The van der Waals surface area contributed by atoms with E-state index in [1.807, 2.05) is 84.9 Å². The molecule has 0 amide bonds. The molecule has 0 aliphatic heterocycles. The largest absolute Gasteiger partial charge is 0.456 e. The molecule has 10 rings (SSSR count). The van der Waals surface area contributed by atoms with E-state index in [0.717, 1.165) is 22.3 Å². The van der Waals surface area contributed by atoms with E-state index >= 15 is 0 Å². The minimum absolute atomic E-state index is 0.00771. The summed E-state index contributed by atoms with van der Waals surface area (Å²) in [6.45, 7) is 0. The Kier molecular flexibility index (Phi) is 4.83. The standard InChI is InChI=1S/C45H28N4O/c1-3-13-29(14-4-1)31-17-11-18-32(27-31)44-46-43(30-15-5-2-6-16-30)47-45(48-44)36-21-12-24-41-42(36)37-28-33(25-26-40(37)50-41)49-38-22-9-7-19-34(38)35-20-8-10-23-39(35)49/h1-28H/i7D,8D,9D,10D,19D,20D,22D,23D. The summed E-state index contributed by atoms with van der Waals surface area (Å²) >= 11 is 0. The molecule has 0 radical (unpaired) electrons. The van der Waals surface area contributed by atoms with Gasteiger partial charge in [-0.3, -0.25) is 0 Å². The Hall–Kier alpha value is -6.85. The lowest BCUT2D eigenvalue weighted by Crippen LogP contribution is -2.00. The van der Waals surface area contributed by atoms with Crippen LogP contribution in [0, 0.1) is 0 Å². The topological polar surface area (TPSA) is 56.7 Å². The van der Waals surface area contributed by atoms with Crippen LogP contribution in [0.15, 0.2) is 174 Å². The lowest BCUT2D eigenvalue weighted by atomic mass is 10.0. The van der Waals surface area contributed by atoms with E-state index < -0.39 is 36.3 Å². The van der Waals surface area contributed by atoms with Crippen LogP contribution < -0.4 is 0 Å². The third-order valence-corrected chi connectivity index (χ3v) is 8.91. The molecular formula is C45H28N4O. The van der Waals surface area contributed by atoms with Crippen LogP contribution in [0.25, 0.3) is 94.7 Å². The van der Waals surface area contributed by atoms with Crippen LogP contribution in [0.2, 0.25) is 0 Å². The summed E-state index contributed by atoms with van der Waals surface area (Å²) in [6.07, 6.45) is 0. The lowest BCUT2D eigenvalue weighted by Gasteiger charge is -2.11. The van der Waals surface area contributed by atoms with Crippen molar-refractivity contribution in [2.75, 3.05) is 0 Å². The average molecular weight is 649 g/mol. The van der Waals surface area contributed by atoms with Crippen LogP contribution in [0.4, 0.5) is 0 Å². The van der Waals surface area contributed by atoms with Crippen LogP contribution in [-0.2, 0) is 0 Å². The van der Waals surface area contributed by atoms with Gasteiger partial charge in [-0.05, 0) is 53.5 Å². The predicted octanol–water partition coefficient (Wildman–Crippen LogP) is 11.5. The van der Waals surface area contributed by atoms with E-state index in [9.17, 15) is 0 Å². The van der Waals surface area contributed by atoms with E-state index in [4.69, 9.17) is 30.3 Å². The Morgan fingerprint density at radius 2 is 1.06 bits per heavy atom. The van der Waals surface area contributed by atoms with Crippen LogP contribution >= 0.6 is 0 Å². The normalized spacial score (nSPS) is 13.8. The second-order valence-electron chi connectivity index (χ2n) is 11.9. The van der Waals surface area contributed by atoms with E-state index in [0.29, 0.717) is 50.7 Å². The van der Waals surface area contributed by atoms with Gasteiger partial charge in [-0.25, -0.2) is 15.0 Å². The van der Waals surface area contributed by atoms with Gasteiger partial charge in [0.05, 0.1) is 22.0 Å². The summed E-state index contributed by atoms with van der Waals surface area (Å²) in [6, 6.07) is 35.2. The van der Waals surface area contributed by atoms with Crippen molar-refractivity contribution in [1.82, 2.24) is 19.5 Å². The van der Waals surface area contributed by atoms with Crippen molar-refractivity contribution in [3.63, 3.8) is 0 Å².